The maximum Gasteiger partial charge on any atom is 0.0446 e. The Kier molecular flexibility index (Phi) is 2.83. The number of hydrogen-bond donors (Lipinski definition) is 0. The van der Waals surface area contributed by atoms with Gasteiger partial charge in [0.1, 0.15) is 0 Å². The van der Waals surface area contributed by atoms with Gasteiger partial charge in [-0.3, -0.25) is 4.90 Å². The third kappa shape index (κ3) is 2.06. The number of rotatable bonds is 3. The van der Waals surface area contributed by atoms with Crippen LogP contribution in [0.25, 0.3) is 0 Å². The zero-order valence-corrected chi connectivity index (χ0v) is 10.9. The summed E-state index contributed by atoms with van der Waals surface area (Å²) in [5.41, 5.74) is 2.83. The molecule has 0 bridgehead atoms. The number of likely N-dealkylation sites (tertiary alicyclic amines) is 1. The molecule has 0 amide bonds. The molecule has 2 heteroatoms. The molecule has 92 valence electrons. The largest absolute Gasteiger partial charge is 0.368 e. The summed E-state index contributed by atoms with van der Waals surface area (Å²) in [5, 5.41) is 0. The number of anilines is 1. The SMILES string of the molecule is CC(C)c1ccc(N2CC(N3CCC3)C2)cc1. The van der Waals surface area contributed by atoms with Gasteiger partial charge in [0.05, 0.1) is 0 Å². The molecule has 3 rings (SSSR count). The standard InChI is InChI=1S/C15H22N2/c1-12(2)13-4-6-14(7-5-13)17-10-15(11-17)16-8-3-9-16/h4-7,12,15H,3,8-11H2,1-2H3. The van der Waals surface area contributed by atoms with E-state index < -0.39 is 0 Å². The van der Waals surface area contributed by atoms with Crippen LogP contribution in [-0.2, 0) is 0 Å². The molecule has 2 saturated heterocycles. The molecule has 17 heavy (non-hydrogen) atoms. The molecule has 2 aliphatic rings. The first kappa shape index (κ1) is 11.1. The van der Waals surface area contributed by atoms with Crippen molar-refractivity contribution in [2.24, 2.45) is 0 Å². The summed E-state index contributed by atoms with van der Waals surface area (Å²) >= 11 is 0. The fourth-order valence-electron chi connectivity index (χ4n) is 2.67. The highest BCUT2D eigenvalue weighted by Crippen LogP contribution is 2.27. The van der Waals surface area contributed by atoms with Gasteiger partial charge < -0.3 is 4.90 Å². The quantitative estimate of drug-likeness (QED) is 0.788. The maximum absolute atomic E-state index is 2.61. The molecule has 2 nitrogen and oxygen atoms in total. The second-order valence-corrected chi connectivity index (χ2v) is 5.69. The van der Waals surface area contributed by atoms with Crippen LogP contribution in [0.1, 0.15) is 31.7 Å². The van der Waals surface area contributed by atoms with Crippen LogP contribution in [0.15, 0.2) is 24.3 Å². The summed E-state index contributed by atoms with van der Waals surface area (Å²) in [4.78, 5) is 5.10. The number of nitrogens with zero attached hydrogens (tertiary/aromatic N) is 2. The molecule has 0 atom stereocenters. The molecule has 1 aromatic carbocycles. The van der Waals surface area contributed by atoms with Gasteiger partial charge in [-0.15, -0.1) is 0 Å². The van der Waals surface area contributed by atoms with Crippen LogP contribution in [0.4, 0.5) is 5.69 Å². The lowest BCUT2D eigenvalue weighted by atomic mass is 9.99. The van der Waals surface area contributed by atoms with E-state index in [1.807, 2.05) is 0 Å². The number of hydrogen-bond acceptors (Lipinski definition) is 2. The summed E-state index contributed by atoms with van der Waals surface area (Å²) in [6, 6.07) is 9.94. The zero-order valence-electron chi connectivity index (χ0n) is 10.9. The van der Waals surface area contributed by atoms with E-state index in [1.165, 1.54) is 43.9 Å². The Morgan fingerprint density at radius 2 is 1.71 bits per heavy atom. The van der Waals surface area contributed by atoms with Crippen molar-refractivity contribution in [2.75, 3.05) is 31.1 Å². The summed E-state index contributed by atoms with van der Waals surface area (Å²) < 4.78 is 0. The molecule has 0 unspecified atom stereocenters. The molecule has 2 fully saturated rings. The third-order valence-electron chi connectivity index (χ3n) is 4.19. The van der Waals surface area contributed by atoms with Gasteiger partial charge in [0, 0.05) is 24.8 Å². The van der Waals surface area contributed by atoms with E-state index in [1.54, 1.807) is 0 Å². The van der Waals surface area contributed by atoms with Gasteiger partial charge in [-0.1, -0.05) is 26.0 Å². The Morgan fingerprint density at radius 1 is 1.06 bits per heavy atom. The molecule has 1 aromatic rings. The molecule has 0 spiro atoms. The monoisotopic (exact) mass is 230 g/mol. The first-order valence-electron chi connectivity index (χ1n) is 6.83. The first-order valence-corrected chi connectivity index (χ1v) is 6.83. The van der Waals surface area contributed by atoms with Crippen LogP contribution in [0.5, 0.6) is 0 Å². The molecule has 2 heterocycles. The van der Waals surface area contributed by atoms with E-state index in [-0.39, 0.29) is 0 Å². The highest BCUT2D eigenvalue weighted by Gasteiger charge is 2.34. The molecule has 0 aliphatic carbocycles. The molecule has 0 N–H and O–H groups in total. The van der Waals surface area contributed by atoms with Gasteiger partial charge in [-0.05, 0) is 43.1 Å². The van der Waals surface area contributed by atoms with Gasteiger partial charge in [0.25, 0.3) is 0 Å². The predicted octanol–water partition coefficient (Wildman–Crippen LogP) is 2.70. The van der Waals surface area contributed by atoms with Crippen molar-refractivity contribution in [1.82, 2.24) is 4.90 Å². The highest BCUT2D eigenvalue weighted by molar-refractivity contribution is 5.50. The van der Waals surface area contributed by atoms with Crippen molar-refractivity contribution in [1.29, 1.82) is 0 Å². The molecule has 2 aliphatic heterocycles. The Labute approximate surface area is 104 Å². The topological polar surface area (TPSA) is 6.48 Å². The van der Waals surface area contributed by atoms with Crippen molar-refractivity contribution >= 4 is 5.69 Å². The minimum absolute atomic E-state index is 0.634. The van der Waals surface area contributed by atoms with Crippen molar-refractivity contribution < 1.29 is 0 Å². The number of benzene rings is 1. The molecule has 0 saturated carbocycles. The average molecular weight is 230 g/mol. The van der Waals surface area contributed by atoms with E-state index in [0.29, 0.717) is 5.92 Å². The van der Waals surface area contributed by atoms with E-state index in [4.69, 9.17) is 0 Å². The third-order valence-corrected chi connectivity index (χ3v) is 4.19. The van der Waals surface area contributed by atoms with Crippen LogP contribution in [0, 0.1) is 0 Å². The highest BCUT2D eigenvalue weighted by atomic mass is 15.3. The van der Waals surface area contributed by atoms with Gasteiger partial charge in [0.2, 0.25) is 0 Å². The van der Waals surface area contributed by atoms with E-state index in [2.05, 4.69) is 47.9 Å². The minimum Gasteiger partial charge on any atom is -0.368 e. The van der Waals surface area contributed by atoms with Gasteiger partial charge >= 0.3 is 0 Å². The fourth-order valence-corrected chi connectivity index (χ4v) is 2.67. The summed E-state index contributed by atoms with van der Waals surface area (Å²) in [5.74, 6) is 0.634. The lowest BCUT2D eigenvalue weighted by molar-refractivity contribution is 0.0977. The van der Waals surface area contributed by atoms with Gasteiger partial charge in [0.15, 0.2) is 0 Å². The van der Waals surface area contributed by atoms with Gasteiger partial charge in [-0.2, -0.15) is 0 Å². The zero-order chi connectivity index (χ0) is 11.8. The second-order valence-electron chi connectivity index (χ2n) is 5.69. The van der Waals surface area contributed by atoms with Crippen molar-refractivity contribution in [3.63, 3.8) is 0 Å². The van der Waals surface area contributed by atoms with Crippen LogP contribution in [0.2, 0.25) is 0 Å². The molecular weight excluding hydrogens is 208 g/mol. The molecule has 0 aromatic heterocycles. The lowest BCUT2D eigenvalue weighted by Crippen LogP contribution is -2.62. The molecular formula is C15H22N2. The van der Waals surface area contributed by atoms with Crippen molar-refractivity contribution in [3.05, 3.63) is 29.8 Å². The fraction of sp³-hybridized carbons (Fsp3) is 0.600. The van der Waals surface area contributed by atoms with Crippen LogP contribution in [-0.4, -0.2) is 37.1 Å². The van der Waals surface area contributed by atoms with Crippen LogP contribution < -0.4 is 4.90 Å². The van der Waals surface area contributed by atoms with Crippen molar-refractivity contribution in [2.45, 2.75) is 32.2 Å². The Morgan fingerprint density at radius 3 is 2.18 bits per heavy atom. The first-order chi connectivity index (χ1) is 8.24. The average Bonchev–Trinajstić information content (AvgIpc) is 2.20. The summed E-state index contributed by atoms with van der Waals surface area (Å²) in [7, 11) is 0. The van der Waals surface area contributed by atoms with E-state index in [0.717, 1.165) is 6.04 Å². The van der Waals surface area contributed by atoms with E-state index in [9.17, 15) is 0 Å². The maximum atomic E-state index is 2.61. The second kappa shape index (κ2) is 4.34. The van der Waals surface area contributed by atoms with E-state index >= 15 is 0 Å². The predicted molar refractivity (Wildman–Crippen MR) is 72.7 cm³/mol. The summed E-state index contributed by atoms with van der Waals surface area (Å²) in [6.07, 6.45) is 1.40. The molecule has 0 radical (unpaired) electrons. The van der Waals surface area contributed by atoms with Gasteiger partial charge in [-0.25, -0.2) is 0 Å². The lowest BCUT2D eigenvalue weighted by Gasteiger charge is -2.50. The minimum atomic E-state index is 0.634. The smallest absolute Gasteiger partial charge is 0.0446 e. The Hall–Kier alpha value is -1.02. The van der Waals surface area contributed by atoms with Crippen molar-refractivity contribution in [3.8, 4) is 0 Å². The normalized spacial score (nSPS) is 21.5. The summed E-state index contributed by atoms with van der Waals surface area (Å²) in [6.45, 7) is 9.59. The Bertz CT molecular complexity index is 372. The Balaban J connectivity index is 1.58. The van der Waals surface area contributed by atoms with Crippen LogP contribution in [0.3, 0.4) is 0 Å². The van der Waals surface area contributed by atoms with Crippen LogP contribution >= 0.6 is 0 Å².